The van der Waals surface area contributed by atoms with Gasteiger partial charge in [0.1, 0.15) is 0 Å². The van der Waals surface area contributed by atoms with Gasteiger partial charge in [0.2, 0.25) is 0 Å². The number of hydrogen-bond acceptors (Lipinski definition) is 2. The molecule has 0 saturated heterocycles. The van der Waals surface area contributed by atoms with Gasteiger partial charge in [0.25, 0.3) is 0 Å². The van der Waals surface area contributed by atoms with E-state index in [-0.39, 0.29) is 6.04 Å². The monoisotopic (exact) mass is 190 g/mol. The van der Waals surface area contributed by atoms with E-state index in [0.29, 0.717) is 5.92 Å². The third-order valence-corrected chi connectivity index (χ3v) is 3.23. The summed E-state index contributed by atoms with van der Waals surface area (Å²) in [5.74, 6) is 0.670. The highest BCUT2D eigenvalue weighted by molar-refractivity contribution is 5.26. The number of aromatic nitrogens is 1. The molecule has 2 nitrogen and oxygen atoms in total. The first-order chi connectivity index (χ1) is 6.68. The van der Waals surface area contributed by atoms with Crippen molar-refractivity contribution in [2.45, 2.75) is 39.2 Å². The Balaban J connectivity index is 2.22. The van der Waals surface area contributed by atoms with Crippen LogP contribution in [0.4, 0.5) is 0 Å². The predicted octanol–water partition coefficient (Wildman–Crippen LogP) is 2.50. The van der Waals surface area contributed by atoms with Crippen LogP contribution in [-0.4, -0.2) is 4.98 Å². The number of rotatable bonds is 2. The van der Waals surface area contributed by atoms with Crippen molar-refractivity contribution in [3.05, 3.63) is 29.1 Å². The predicted molar refractivity (Wildman–Crippen MR) is 58.0 cm³/mol. The summed E-state index contributed by atoms with van der Waals surface area (Å²) in [7, 11) is 0. The minimum atomic E-state index is 0.157. The normalized spacial score (nSPS) is 19.1. The van der Waals surface area contributed by atoms with Gasteiger partial charge in [-0.15, -0.1) is 0 Å². The highest BCUT2D eigenvalue weighted by Gasteiger charge is 2.27. The summed E-state index contributed by atoms with van der Waals surface area (Å²) in [5, 5.41) is 0. The molecule has 1 saturated carbocycles. The Hall–Kier alpha value is -0.890. The molecule has 1 fully saturated rings. The molecular formula is C12H18N2. The molecule has 1 aromatic rings. The number of nitrogens with zero attached hydrogens (tertiary/aromatic N) is 1. The van der Waals surface area contributed by atoms with E-state index in [0.717, 1.165) is 5.69 Å². The van der Waals surface area contributed by atoms with Crippen molar-refractivity contribution < 1.29 is 0 Å². The van der Waals surface area contributed by atoms with Gasteiger partial charge in [-0.1, -0.05) is 12.5 Å². The first-order valence-electron chi connectivity index (χ1n) is 5.37. The van der Waals surface area contributed by atoms with Crippen molar-refractivity contribution in [3.63, 3.8) is 0 Å². The van der Waals surface area contributed by atoms with Crippen LogP contribution in [0.1, 0.15) is 42.1 Å². The summed E-state index contributed by atoms with van der Waals surface area (Å²) in [6.07, 6.45) is 5.80. The van der Waals surface area contributed by atoms with Crippen LogP contribution in [0.3, 0.4) is 0 Å². The number of aryl methyl sites for hydroxylation is 2. The first-order valence-corrected chi connectivity index (χ1v) is 5.37. The molecular weight excluding hydrogens is 172 g/mol. The lowest BCUT2D eigenvalue weighted by Gasteiger charge is -2.31. The molecule has 1 aliphatic carbocycles. The van der Waals surface area contributed by atoms with Gasteiger partial charge in [-0.05, 0) is 43.7 Å². The molecule has 0 radical (unpaired) electrons. The van der Waals surface area contributed by atoms with Crippen LogP contribution < -0.4 is 5.73 Å². The molecule has 0 amide bonds. The van der Waals surface area contributed by atoms with Crippen molar-refractivity contribution in [1.29, 1.82) is 0 Å². The summed E-state index contributed by atoms with van der Waals surface area (Å²) in [6.45, 7) is 4.17. The van der Waals surface area contributed by atoms with Crippen LogP contribution in [0.25, 0.3) is 0 Å². The quantitative estimate of drug-likeness (QED) is 0.778. The molecule has 0 aromatic carbocycles. The topological polar surface area (TPSA) is 38.9 Å². The molecule has 14 heavy (non-hydrogen) atoms. The van der Waals surface area contributed by atoms with E-state index in [9.17, 15) is 0 Å². The molecule has 0 bridgehead atoms. The summed E-state index contributed by atoms with van der Waals surface area (Å²) in [6, 6.07) is 2.32. The zero-order valence-electron chi connectivity index (χ0n) is 8.96. The van der Waals surface area contributed by atoms with Crippen molar-refractivity contribution in [1.82, 2.24) is 4.98 Å². The maximum atomic E-state index is 6.19. The Kier molecular flexibility index (Phi) is 2.55. The van der Waals surface area contributed by atoms with E-state index in [1.54, 1.807) is 0 Å². The third-order valence-electron chi connectivity index (χ3n) is 3.23. The third kappa shape index (κ3) is 1.67. The van der Waals surface area contributed by atoms with Crippen LogP contribution in [0, 0.1) is 19.8 Å². The lowest BCUT2D eigenvalue weighted by Crippen LogP contribution is -2.28. The Morgan fingerprint density at radius 1 is 1.43 bits per heavy atom. The molecule has 1 aromatic heterocycles. The number of hydrogen-bond donors (Lipinski definition) is 1. The largest absolute Gasteiger partial charge is 0.322 e. The molecule has 1 aliphatic rings. The van der Waals surface area contributed by atoms with Crippen LogP contribution in [0.2, 0.25) is 0 Å². The average Bonchev–Trinajstić information content (AvgIpc) is 2.00. The van der Waals surface area contributed by atoms with E-state index in [1.807, 2.05) is 6.20 Å². The van der Waals surface area contributed by atoms with E-state index >= 15 is 0 Å². The van der Waals surface area contributed by atoms with Gasteiger partial charge >= 0.3 is 0 Å². The van der Waals surface area contributed by atoms with Crippen LogP contribution in [0.5, 0.6) is 0 Å². The summed E-state index contributed by atoms with van der Waals surface area (Å²) in [5.41, 5.74) is 9.74. The van der Waals surface area contributed by atoms with Gasteiger partial charge in [-0.3, -0.25) is 4.98 Å². The Labute approximate surface area is 85.5 Å². The molecule has 1 heterocycles. The smallest absolute Gasteiger partial charge is 0.0603 e. The van der Waals surface area contributed by atoms with Crippen molar-refractivity contribution in [2.75, 3.05) is 0 Å². The second-order valence-corrected chi connectivity index (χ2v) is 4.43. The fourth-order valence-corrected chi connectivity index (χ4v) is 2.10. The molecule has 0 aliphatic heterocycles. The molecule has 76 valence electrons. The standard InChI is InChI=1S/C12H18N2/c1-8-6-9(2)12(14-7-8)11(13)10-4-3-5-10/h6-7,10-11H,3-5,13H2,1-2H3. The van der Waals surface area contributed by atoms with Crippen molar-refractivity contribution in [2.24, 2.45) is 11.7 Å². The highest BCUT2D eigenvalue weighted by Crippen LogP contribution is 2.36. The van der Waals surface area contributed by atoms with E-state index in [4.69, 9.17) is 5.73 Å². The Morgan fingerprint density at radius 3 is 2.64 bits per heavy atom. The average molecular weight is 190 g/mol. The summed E-state index contributed by atoms with van der Waals surface area (Å²) >= 11 is 0. The van der Waals surface area contributed by atoms with E-state index < -0.39 is 0 Å². The van der Waals surface area contributed by atoms with E-state index in [2.05, 4.69) is 24.9 Å². The summed E-state index contributed by atoms with van der Waals surface area (Å²) < 4.78 is 0. The van der Waals surface area contributed by atoms with Gasteiger partial charge in [-0.25, -0.2) is 0 Å². The SMILES string of the molecule is Cc1cnc(C(N)C2CCC2)c(C)c1. The second kappa shape index (κ2) is 3.70. The fraction of sp³-hybridized carbons (Fsp3) is 0.583. The minimum Gasteiger partial charge on any atom is -0.322 e. The Bertz CT molecular complexity index is 329. The molecule has 1 unspecified atom stereocenters. The van der Waals surface area contributed by atoms with Crippen molar-refractivity contribution >= 4 is 0 Å². The first kappa shape index (κ1) is 9.66. The minimum absolute atomic E-state index is 0.157. The number of nitrogens with two attached hydrogens (primary N) is 1. The van der Waals surface area contributed by atoms with Crippen molar-refractivity contribution in [3.8, 4) is 0 Å². The fourth-order valence-electron chi connectivity index (χ4n) is 2.10. The van der Waals surface area contributed by atoms with Gasteiger partial charge < -0.3 is 5.73 Å². The van der Waals surface area contributed by atoms with Gasteiger partial charge in [0.05, 0.1) is 11.7 Å². The van der Waals surface area contributed by atoms with Crippen LogP contribution >= 0.6 is 0 Å². The number of pyridine rings is 1. The molecule has 2 rings (SSSR count). The van der Waals surface area contributed by atoms with E-state index in [1.165, 1.54) is 30.4 Å². The molecule has 2 heteroatoms. The molecule has 0 spiro atoms. The zero-order chi connectivity index (χ0) is 10.1. The maximum Gasteiger partial charge on any atom is 0.0603 e. The van der Waals surface area contributed by atoms with Crippen LogP contribution in [0.15, 0.2) is 12.3 Å². The van der Waals surface area contributed by atoms with Gasteiger partial charge in [-0.2, -0.15) is 0 Å². The maximum absolute atomic E-state index is 6.19. The molecule has 1 atom stereocenters. The highest BCUT2D eigenvalue weighted by atomic mass is 14.8. The zero-order valence-corrected chi connectivity index (χ0v) is 8.96. The van der Waals surface area contributed by atoms with Gasteiger partial charge in [0, 0.05) is 6.20 Å². The summed E-state index contributed by atoms with van der Waals surface area (Å²) in [4.78, 5) is 4.46. The van der Waals surface area contributed by atoms with Crippen LogP contribution in [-0.2, 0) is 0 Å². The lowest BCUT2D eigenvalue weighted by molar-refractivity contribution is 0.260. The lowest BCUT2D eigenvalue weighted by atomic mass is 9.78. The Morgan fingerprint density at radius 2 is 2.14 bits per heavy atom. The second-order valence-electron chi connectivity index (χ2n) is 4.43. The molecule has 2 N–H and O–H groups in total. The van der Waals surface area contributed by atoms with Gasteiger partial charge in [0.15, 0.2) is 0 Å².